The molecule has 100 valence electrons. The van der Waals surface area contributed by atoms with E-state index in [1.54, 1.807) is 0 Å². The summed E-state index contributed by atoms with van der Waals surface area (Å²) in [5, 5.41) is 3.71. The van der Waals surface area contributed by atoms with E-state index in [2.05, 4.69) is 24.1 Å². The fraction of sp³-hybridized carbons (Fsp3) is 1.00. The number of piperidine rings is 1. The highest BCUT2D eigenvalue weighted by atomic mass is 16.5. The molecule has 3 nitrogen and oxygen atoms in total. The Morgan fingerprint density at radius 3 is 2.47 bits per heavy atom. The number of ether oxygens (including phenoxy) is 1. The van der Waals surface area contributed by atoms with E-state index < -0.39 is 0 Å². The van der Waals surface area contributed by atoms with Crippen LogP contribution >= 0.6 is 0 Å². The molecule has 2 aliphatic rings. The second kappa shape index (κ2) is 6.72. The number of hydrogen-bond acceptors (Lipinski definition) is 3. The van der Waals surface area contributed by atoms with Gasteiger partial charge in [0, 0.05) is 12.6 Å². The Kier molecular flexibility index (Phi) is 5.26. The lowest BCUT2D eigenvalue weighted by Gasteiger charge is -2.37. The molecule has 0 spiro atoms. The molecule has 1 saturated carbocycles. The summed E-state index contributed by atoms with van der Waals surface area (Å²) in [6.07, 6.45) is 5.74. The number of nitrogens with zero attached hydrogens (tertiary/aromatic N) is 1. The molecule has 0 aromatic carbocycles. The van der Waals surface area contributed by atoms with E-state index in [1.807, 2.05) is 0 Å². The average Bonchev–Trinajstić information content (AvgIpc) is 2.32. The minimum absolute atomic E-state index is 0.541. The Morgan fingerprint density at radius 1 is 1.18 bits per heavy atom. The molecule has 1 N–H and O–H groups in total. The van der Waals surface area contributed by atoms with Crippen molar-refractivity contribution in [1.29, 1.82) is 0 Å². The van der Waals surface area contributed by atoms with Crippen molar-refractivity contribution < 1.29 is 4.74 Å². The second-order valence-electron chi connectivity index (χ2n) is 5.53. The van der Waals surface area contributed by atoms with Crippen LogP contribution in [0.15, 0.2) is 0 Å². The largest absolute Gasteiger partial charge is 0.378 e. The van der Waals surface area contributed by atoms with E-state index in [-0.39, 0.29) is 0 Å². The van der Waals surface area contributed by atoms with Gasteiger partial charge in [0.2, 0.25) is 0 Å². The molecular weight excluding hydrogens is 212 g/mol. The molecule has 0 aromatic heterocycles. The monoisotopic (exact) mass is 240 g/mol. The van der Waals surface area contributed by atoms with Gasteiger partial charge in [0.15, 0.2) is 0 Å². The summed E-state index contributed by atoms with van der Waals surface area (Å²) < 4.78 is 5.58. The standard InChI is InChI=1S/C14H28N2O/c1-3-16-7-5-12(6-8-16)11-15-13-9-14(10-13)17-4-2/h12-15H,3-11H2,1-2H3. The number of rotatable bonds is 6. The van der Waals surface area contributed by atoms with E-state index in [9.17, 15) is 0 Å². The first-order valence-corrected chi connectivity index (χ1v) is 7.39. The van der Waals surface area contributed by atoms with Gasteiger partial charge in [0.05, 0.1) is 6.10 Å². The third-order valence-electron chi connectivity index (χ3n) is 4.35. The Balaban J connectivity index is 1.52. The van der Waals surface area contributed by atoms with Gasteiger partial charge in [0.25, 0.3) is 0 Å². The van der Waals surface area contributed by atoms with E-state index in [1.165, 1.54) is 51.9 Å². The second-order valence-corrected chi connectivity index (χ2v) is 5.53. The molecule has 0 radical (unpaired) electrons. The van der Waals surface area contributed by atoms with Crippen molar-refractivity contribution in [2.24, 2.45) is 5.92 Å². The van der Waals surface area contributed by atoms with Gasteiger partial charge in [-0.2, -0.15) is 0 Å². The summed E-state index contributed by atoms with van der Waals surface area (Å²) in [5.74, 6) is 0.906. The number of nitrogens with one attached hydrogen (secondary N) is 1. The lowest BCUT2D eigenvalue weighted by Crippen LogP contribution is -2.48. The molecule has 2 fully saturated rings. The van der Waals surface area contributed by atoms with E-state index in [4.69, 9.17) is 4.74 Å². The number of likely N-dealkylation sites (tertiary alicyclic amines) is 1. The molecule has 0 aromatic rings. The fourth-order valence-corrected chi connectivity index (χ4v) is 2.94. The summed E-state index contributed by atoms with van der Waals surface area (Å²) in [6.45, 7) is 10.3. The van der Waals surface area contributed by atoms with Crippen molar-refractivity contribution >= 4 is 0 Å². The third kappa shape index (κ3) is 3.94. The average molecular weight is 240 g/mol. The van der Waals surface area contributed by atoms with Gasteiger partial charge in [-0.3, -0.25) is 0 Å². The van der Waals surface area contributed by atoms with Gasteiger partial charge in [-0.05, 0) is 64.7 Å². The summed E-state index contributed by atoms with van der Waals surface area (Å²) >= 11 is 0. The predicted molar refractivity (Wildman–Crippen MR) is 71.3 cm³/mol. The third-order valence-corrected chi connectivity index (χ3v) is 4.35. The van der Waals surface area contributed by atoms with Crippen molar-refractivity contribution in [3.8, 4) is 0 Å². The van der Waals surface area contributed by atoms with E-state index >= 15 is 0 Å². The summed E-state index contributed by atoms with van der Waals surface area (Å²) in [4.78, 5) is 2.56. The molecule has 1 aliphatic heterocycles. The molecule has 2 rings (SSSR count). The maximum atomic E-state index is 5.58. The highest BCUT2D eigenvalue weighted by Crippen LogP contribution is 2.24. The molecule has 17 heavy (non-hydrogen) atoms. The maximum absolute atomic E-state index is 5.58. The first kappa shape index (κ1) is 13.3. The van der Waals surface area contributed by atoms with E-state index in [0.717, 1.165) is 18.6 Å². The van der Waals surface area contributed by atoms with Crippen LogP contribution in [0, 0.1) is 5.92 Å². The molecule has 0 bridgehead atoms. The molecule has 0 unspecified atom stereocenters. The maximum Gasteiger partial charge on any atom is 0.0604 e. The van der Waals surface area contributed by atoms with Crippen LogP contribution < -0.4 is 5.32 Å². The molecule has 1 aliphatic carbocycles. The van der Waals surface area contributed by atoms with Crippen LogP contribution in [0.3, 0.4) is 0 Å². The Labute approximate surface area is 106 Å². The van der Waals surface area contributed by atoms with Gasteiger partial charge < -0.3 is 15.0 Å². The Bertz CT molecular complexity index is 208. The van der Waals surface area contributed by atoms with Crippen LogP contribution in [-0.2, 0) is 4.74 Å². The molecular formula is C14H28N2O. The minimum atomic E-state index is 0.541. The predicted octanol–water partition coefficient (Wildman–Crippen LogP) is 1.88. The lowest BCUT2D eigenvalue weighted by molar-refractivity contribution is -0.0111. The van der Waals surface area contributed by atoms with E-state index in [0.29, 0.717) is 6.10 Å². The van der Waals surface area contributed by atoms with Crippen LogP contribution in [0.2, 0.25) is 0 Å². The Morgan fingerprint density at radius 2 is 1.88 bits per heavy atom. The van der Waals surface area contributed by atoms with Gasteiger partial charge in [-0.1, -0.05) is 6.92 Å². The van der Waals surface area contributed by atoms with Gasteiger partial charge >= 0.3 is 0 Å². The zero-order chi connectivity index (χ0) is 12.1. The van der Waals surface area contributed by atoms with Crippen LogP contribution in [0.5, 0.6) is 0 Å². The molecule has 0 atom stereocenters. The zero-order valence-corrected chi connectivity index (χ0v) is 11.5. The molecule has 1 heterocycles. The van der Waals surface area contributed by atoms with Crippen LogP contribution in [-0.4, -0.2) is 49.8 Å². The fourth-order valence-electron chi connectivity index (χ4n) is 2.94. The highest BCUT2D eigenvalue weighted by Gasteiger charge is 2.29. The highest BCUT2D eigenvalue weighted by molar-refractivity contribution is 4.87. The smallest absolute Gasteiger partial charge is 0.0604 e. The SMILES string of the molecule is CCOC1CC(NCC2CCN(CC)CC2)C1. The number of hydrogen-bond donors (Lipinski definition) is 1. The zero-order valence-electron chi connectivity index (χ0n) is 11.5. The van der Waals surface area contributed by atoms with Crippen LogP contribution in [0.25, 0.3) is 0 Å². The quantitative estimate of drug-likeness (QED) is 0.767. The van der Waals surface area contributed by atoms with Crippen LogP contribution in [0.4, 0.5) is 0 Å². The normalized spacial score (nSPS) is 31.4. The molecule has 0 amide bonds. The minimum Gasteiger partial charge on any atom is -0.378 e. The van der Waals surface area contributed by atoms with Crippen molar-refractivity contribution in [1.82, 2.24) is 10.2 Å². The van der Waals surface area contributed by atoms with Gasteiger partial charge in [-0.15, -0.1) is 0 Å². The molecule has 3 heteroatoms. The first-order chi connectivity index (χ1) is 8.31. The summed E-state index contributed by atoms with van der Waals surface area (Å²) in [6, 6.07) is 0.732. The van der Waals surface area contributed by atoms with Crippen molar-refractivity contribution in [2.75, 3.05) is 32.8 Å². The molecule has 1 saturated heterocycles. The van der Waals surface area contributed by atoms with Crippen molar-refractivity contribution in [3.63, 3.8) is 0 Å². The first-order valence-electron chi connectivity index (χ1n) is 7.39. The van der Waals surface area contributed by atoms with Gasteiger partial charge in [-0.25, -0.2) is 0 Å². The van der Waals surface area contributed by atoms with Crippen LogP contribution in [0.1, 0.15) is 39.5 Å². The van der Waals surface area contributed by atoms with Gasteiger partial charge in [0.1, 0.15) is 0 Å². The lowest BCUT2D eigenvalue weighted by atomic mass is 9.88. The van der Waals surface area contributed by atoms with Crippen molar-refractivity contribution in [2.45, 2.75) is 51.7 Å². The summed E-state index contributed by atoms with van der Waals surface area (Å²) in [7, 11) is 0. The van der Waals surface area contributed by atoms with Crippen molar-refractivity contribution in [3.05, 3.63) is 0 Å². The Hall–Kier alpha value is -0.120. The summed E-state index contributed by atoms with van der Waals surface area (Å²) in [5.41, 5.74) is 0. The topological polar surface area (TPSA) is 24.5 Å².